The Morgan fingerprint density at radius 3 is 2.79 bits per heavy atom. The molecule has 1 aromatic heterocycles. The monoisotopic (exact) mass is 324 g/mol. The predicted octanol–water partition coefficient (Wildman–Crippen LogP) is 2.66. The van der Waals surface area contributed by atoms with Gasteiger partial charge in [0.1, 0.15) is 5.75 Å². The molecule has 1 fully saturated rings. The average molecular weight is 324 g/mol. The van der Waals surface area contributed by atoms with E-state index >= 15 is 0 Å². The molecule has 0 bridgehead atoms. The molecule has 0 amide bonds. The summed E-state index contributed by atoms with van der Waals surface area (Å²) in [6, 6.07) is 14.3. The van der Waals surface area contributed by atoms with Crippen LogP contribution in [0.15, 0.2) is 53.7 Å². The number of aliphatic imine (C=N–C) groups is 1. The molecule has 24 heavy (non-hydrogen) atoms. The maximum atomic E-state index is 5.24. The van der Waals surface area contributed by atoms with Crippen LogP contribution in [0.1, 0.15) is 23.6 Å². The molecule has 2 aromatic rings. The topological polar surface area (TPSA) is 49.8 Å². The van der Waals surface area contributed by atoms with Gasteiger partial charge in [0.15, 0.2) is 5.96 Å². The highest BCUT2D eigenvalue weighted by Gasteiger charge is 2.26. The summed E-state index contributed by atoms with van der Waals surface area (Å²) in [6.45, 7) is 2.68. The number of hydrogen-bond donors (Lipinski definition) is 1. The van der Waals surface area contributed by atoms with Crippen molar-refractivity contribution in [1.29, 1.82) is 0 Å². The summed E-state index contributed by atoms with van der Waals surface area (Å²) < 4.78 is 5.24. The quantitative estimate of drug-likeness (QED) is 0.694. The lowest BCUT2D eigenvalue weighted by Gasteiger charge is -2.21. The summed E-state index contributed by atoms with van der Waals surface area (Å²) in [7, 11) is 3.53. The van der Waals surface area contributed by atoms with E-state index in [4.69, 9.17) is 4.74 Å². The van der Waals surface area contributed by atoms with E-state index in [1.165, 1.54) is 5.56 Å². The standard InChI is InChI=1S/C19H24N4O/c1-20-19(22-13-17-5-3-4-11-21-17)23-12-10-16(14-23)15-6-8-18(24-2)9-7-15/h3-9,11,16H,10,12-14H2,1-2H3,(H,20,22). The number of nitrogens with one attached hydrogen (secondary N) is 1. The molecule has 1 N–H and O–H groups in total. The van der Waals surface area contributed by atoms with E-state index in [9.17, 15) is 0 Å². The fraction of sp³-hybridized carbons (Fsp3) is 0.368. The molecule has 0 spiro atoms. The number of ether oxygens (including phenoxy) is 1. The summed E-state index contributed by atoms with van der Waals surface area (Å²) in [5, 5.41) is 3.41. The second-order valence-corrected chi connectivity index (χ2v) is 5.93. The molecule has 0 saturated carbocycles. The fourth-order valence-corrected chi connectivity index (χ4v) is 3.11. The van der Waals surface area contributed by atoms with Gasteiger partial charge in [-0.1, -0.05) is 18.2 Å². The molecule has 2 heterocycles. The fourth-order valence-electron chi connectivity index (χ4n) is 3.11. The molecule has 126 valence electrons. The van der Waals surface area contributed by atoms with E-state index in [-0.39, 0.29) is 0 Å². The third-order valence-electron chi connectivity index (χ3n) is 4.44. The van der Waals surface area contributed by atoms with E-state index in [2.05, 4.69) is 32.3 Å². The van der Waals surface area contributed by atoms with Gasteiger partial charge in [-0.05, 0) is 36.2 Å². The van der Waals surface area contributed by atoms with Crippen LogP contribution in [0.5, 0.6) is 5.75 Å². The highest BCUT2D eigenvalue weighted by molar-refractivity contribution is 5.80. The first-order valence-corrected chi connectivity index (χ1v) is 8.29. The molecule has 5 nitrogen and oxygen atoms in total. The Hall–Kier alpha value is -2.56. The summed E-state index contributed by atoms with van der Waals surface area (Å²) in [4.78, 5) is 11.1. The van der Waals surface area contributed by atoms with Gasteiger partial charge in [0.25, 0.3) is 0 Å². The van der Waals surface area contributed by atoms with Crippen molar-refractivity contribution in [2.45, 2.75) is 18.9 Å². The van der Waals surface area contributed by atoms with Gasteiger partial charge in [-0.25, -0.2) is 0 Å². The van der Waals surface area contributed by atoms with Gasteiger partial charge in [0.05, 0.1) is 19.3 Å². The van der Waals surface area contributed by atoms with Gasteiger partial charge in [-0.15, -0.1) is 0 Å². The normalized spacial score (nSPS) is 17.8. The van der Waals surface area contributed by atoms with E-state index in [1.807, 2.05) is 43.6 Å². The predicted molar refractivity (Wildman–Crippen MR) is 96.4 cm³/mol. The Balaban J connectivity index is 1.58. The molecule has 1 aliphatic heterocycles. The maximum absolute atomic E-state index is 5.24. The molecule has 3 rings (SSSR count). The molecule has 1 saturated heterocycles. The van der Waals surface area contributed by atoms with Crippen molar-refractivity contribution in [2.24, 2.45) is 4.99 Å². The SMILES string of the molecule is CN=C(NCc1ccccn1)N1CCC(c2ccc(OC)cc2)C1. The summed E-state index contributed by atoms with van der Waals surface area (Å²) in [6.07, 6.45) is 2.95. The molecule has 1 aromatic carbocycles. The van der Waals surface area contributed by atoms with E-state index in [0.29, 0.717) is 12.5 Å². The smallest absolute Gasteiger partial charge is 0.193 e. The minimum atomic E-state index is 0.532. The maximum Gasteiger partial charge on any atom is 0.193 e. The summed E-state index contributed by atoms with van der Waals surface area (Å²) in [5.41, 5.74) is 2.38. The average Bonchev–Trinajstić information content (AvgIpc) is 3.13. The number of pyridine rings is 1. The van der Waals surface area contributed by atoms with Gasteiger partial charge >= 0.3 is 0 Å². The second kappa shape index (κ2) is 7.81. The first kappa shape index (κ1) is 16.3. The Kier molecular flexibility index (Phi) is 5.31. The number of aromatic nitrogens is 1. The third kappa shape index (κ3) is 3.85. The zero-order chi connectivity index (χ0) is 16.8. The molecule has 1 unspecified atom stereocenters. The van der Waals surface area contributed by atoms with Crippen LogP contribution in [-0.2, 0) is 6.54 Å². The number of methoxy groups -OCH3 is 1. The van der Waals surface area contributed by atoms with Crippen molar-refractivity contribution in [1.82, 2.24) is 15.2 Å². The van der Waals surface area contributed by atoms with Crippen LogP contribution < -0.4 is 10.1 Å². The lowest BCUT2D eigenvalue weighted by Crippen LogP contribution is -2.39. The lowest BCUT2D eigenvalue weighted by molar-refractivity contribution is 0.414. The second-order valence-electron chi connectivity index (χ2n) is 5.93. The van der Waals surface area contributed by atoms with Crippen molar-refractivity contribution in [3.63, 3.8) is 0 Å². The molecular weight excluding hydrogens is 300 g/mol. The molecule has 1 atom stereocenters. The van der Waals surface area contributed by atoms with Crippen molar-refractivity contribution in [3.05, 3.63) is 59.9 Å². The minimum Gasteiger partial charge on any atom is -0.497 e. The zero-order valence-corrected chi connectivity index (χ0v) is 14.3. The number of likely N-dealkylation sites (tertiary alicyclic amines) is 1. The van der Waals surface area contributed by atoms with Crippen LogP contribution in [-0.4, -0.2) is 43.1 Å². The highest BCUT2D eigenvalue weighted by Crippen LogP contribution is 2.28. The van der Waals surface area contributed by atoms with Crippen LogP contribution in [0.2, 0.25) is 0 Å². The van der Waals surface area contributed by atoms with E-state index in [0.717, 1.165) is 36.9 Å². The van der Waals surface area contributed by atoms with Crippen molar-refractivity contribution >= 4 is 5.96 Å². The Labute approximate surface area is 143 Å². The Bertz CT molecular complexity index is 670. The van der Waals surface area contributed by atoms with Gasteiger partial charge in [0.2, 0.25) is 0 Å². The number of rotatable bonds is 4. The number of guanidine groups is 1. The van der Waals surface area contributed by atoms with Crippen LogP contribution in [0, 0.1) is 0 Å². The highest BCUT2D eigenvalue weighted by atomic mass is 16.5. The van der Waals surface area contributed by atoms with E-state index in [1.54, 1.807) is 7.11 Å². The van der Waals surface area contributed by atoms with Gasteiger partial charge < -0.3 is 15.0 Å². The number of nitrogens with zero attached hydrogens (tertiary/aromatic N) is 3. The first-order chi connectivity index (χ1) is 11.8. The first-order valence-electron chi connectivity index (χ1n) is 8.29. The van der Waals surface area contributed by atoms with Crippen LogP contribution >= 0.6 is 0 Å². The largest absolute Gasteiger partial charge is 0.497 e. The van der Waals surface area contributed by atoms with Crippen molar-refractivity contribution in [3.8, 4) is 5.75 Å². The van der Waals surface area contributed by atoms with E-state index < -0.39 is 0 Å². The molecule has 0 radical (unpaired) electrons. The van der Waals surface area contributed by atoms with Gasteiger partial charge in [-0.3, -0.25) is 9.98 Å². The molecular formula is C19H24N4O. The van der Waals surface area contributed by atoms with Crippen LogP contribution in [0.4, 0.5) is 0 Å². The number of benzene rings is 1. The third-order valence-corrected chi connectivity index (χ3v) is 4.44. The van der Waals surface area contributed by atoms with Crippen molar-refractivity contribution < 1.29 is 4.74 Å². The van der Waals surface area contributed by atoms with Gasteiger partial charge in [0, 0.05) is 32.3 Å². The Morgan fingerprint density at radius 2 is 2.12 bits per heavy atom. The Morgan fingerprint density at radius 1 is 1.29 bits per heavy atom. The molecule has 5 heteroatoms. The summed E-state index contributed by atoms with van der Waals surface area (Å²) in [5.74, 6) is 2.38. The zero-order valence-electron chi connectivity index (χ0n) is 14.3. The molecule has 1 aliphatic rings. The van der Waals surface area contributed by atoms with Crippen molar-refractivity contribution in [2.75, 3.05) is 27.2 Å². The van der Waals surface area contributed by atoms with Gasteiger partial charge in [-0.2, -0.15) is 0 Å². The molecule has 0 aliphatic carbocycles. The lowest BCUT2D eigenvalue weighted by atomic mass is 9.98. The summed E-state index contributed by atoms with van der Waals surface area (Å²) >= 11 is 0. The minimum absolute atomic E-state index is 0.532. The van der Waals surface area contributed by atoms with Crippen LogP contribution in [0.3, 0.4) is 0 Å². The van der Waals surface area contributed by atoms with Crippen LogP contribution in [0.25, 0.3) is 0 Å². The number of hydrogen-bond acceptors (Lipinski definition) is 3.